The van der Waals surface area contributed by atoms with Crippen molar-refractivity contribution in [1.82, 2.24) is 0 Å². The Labute approximate surface area is 106 Å². The molecule has 1 aromatic rings. The van der Waals surface area contributed by atoms with Crippen molar-refractivity contribution < 1.29 is 9.13 Å². The highest BCUT2D eigenvalue weighted by atomic mass is 79.9. The summed E-state index contributed by atoms with van der Waals surface area (Å²) in [5.74, 6) is 0.185. The molecule has 1 nitrogen and oxygen atoms in total. The van der Waals surface area contributed by atoms with E-state index in [4.69, 9.17) is 4.74 Å². The van der Waals surface area contributed by atoms with Crippen LogP contribution in [-0.4, -0.2) is 14.7 Å². The summed E-state index contributed by atoms with van der Waals surface area (Å²) in [7, 11) is -1.66. The zero-order valence-corrected chi connectivity index (χ0v) is 12.8. The van der Waals surface area contributed by atoms with Crippen molar-refractivity contribution in [1.29, 1.82) is 0 Å². The van der Waals surface area contributed by atoms with E-state index >= 15 is 0 Å². The average Bonchev–Trinajstić information content (AvgIpc) is 2.17. The average molecular weight is 305 g/mol. The highest BCUT2D eigenvalue weighted by molar-refractivity contribution is 9.10. The summed E-state index contributed by atoms with van der Waals surface area (Å²) in [5, 5.41) is 0.813. The lowest BCUT2D eigenvalue weighted by Crippen LogP contribution is -2.40. The first-order valence-electron chi connectivity index (χ1n) is 5.48. The van der Waals surface area contributed by atoms with Crippen LogP contribution in [0.5, 0.6) is 5.75 Å². The first-order valence-corrected chi connectivity index (χ1v) is 9.78. The quantitative estimate of drug-likeness (QED) is 0.766. The van der Waals surface area contributed by atoms with Gasteiger partial charge in [-0.15, -0.1) is 0 Å². The Bertz CT molecular complexity index is 374. The second-order valence-electron chi connectivity index (χ2n) is 4.86. The molecule has 1 aromatic carbocycles. The molecule has 4 heteroatoms. The molecule has 0 fully saturated rings. The molecule has 0 aromatic heterocycles. The Morgan fingerprint density at radius 2 is 1.94 bits per heavy atom. The molecule has 0 amide bonds. The Balaban J connectivity index is 3.16. The van der Waals surface area contributed by atoms with E-state index in [0.29, 0.717) is 12.4 Å². The van der Waals surface area contributed by atoms with E-state index < -0.39 is 8.07 Å². The van der Waals surface area contributed by atoms with Crippen molar-refractivity contribution in [3.8, 4) is 5.75 Å². The van der Waals surface area contributed by atoms with Gasteiger partial charge in [0.2, 0.25) is 0 Å². The summed E-state index contributed by atoms with van der Waals surface area (Å²) in [6, 6.07) is 3.58. The molecule has 0 atom stereocenters. The monoisotopic (exact) mass is 304 g/mol. The normalized spacial score (nSPS) is 11.6. The minimum Gasteiger partial charge on any atom is -0.490 e. The topological polar surface area (TPSA) is 9.23 Å². The zero-order chi connectivity index (χ0) is 12.3. The maximum atomic E-state index is 14.2. The Hall–Kier alpha value is -0.353. The summed E-state index contributed by atoms with van der Waals surface area (Å²) >= 11 is 3.41. The molecule has 0 aliphatic rings. The van der Waals surface area contributed by atoms with Crippen LogP contribution in [0.4, 0.5) is 4.39 Å². The highest BCUT2D eigenvalue weighted by Gasteiger charge is 2.23. The van der Waals surface area contributed by atoms with Crippen LogP contribution >= 0.6 is 15.9 Å². The first-order chi connectivity index (χ1) is 7.36. The maximum Gasteiger partial charge on any atom is 0.164 e. The van der Waals surface area contributed by atoms with E-state index in [9.17, 15) is 4.39 Å². The Morgan fingerprint density at radius 3 is 2.44 bits per heavy atom. The number of ether oxygens (including phenoxy) is 1. The summed E-state index contributed by atoms with van der Waals surface area (Å²) in [5.41, 5.74) is 0. The molecule has 0 N–H and O–H groups in total. The standard InChI is InChI=1S/C12H18BrFOSi/c1-5-6-15-10-7-9(13)8-11(12(10)14)16(2,3)4/h7-8H,5-6H2,1-4H3. The van der Waals surface area contributed by atoms with Crippen molar-refractivity contribution >= 4 is 29.2 Å². The van der Waals surface area contributed by atoms with E-state index in [1.807, 2.05) is 13.0 Å². The fraction of sp³-hybridized carbons (Fsp3) is 0.500. The molecule has 0 aliphatic carbocycles. The molecule has 0 bridgehead atoms. The van der Waals surface area contributed by atoms with Gasteiger partial charge in [0.1, 0.15) is 0 Å². The Kier molecular flexibility index (Phi) is 4.56. The molecule has 0 spiro atoms. The fourth-order valence-corrected chi connectivity index (χ4v) is 3.45. The fourth-order valence-electron chi connectivity index (χ4n) is 1.43. The van der Waals surface area contributed by atoms with Crippen LogP contribution < -0.4 is 9.92 Å². The molecular formula is C12H18BrFOSi. The molecule has 0 heterocycles. The number of hydrogen-bond acceptors (Lipinski definition) is 1. The van der Waals surface area contributed by atoms with Gasteiger partial charge in [0.05, 0.1) is 14.7 Å². The summed E-state index contributed by atoms with van der Waals surface area (Å²) in [6.45, 7) is 8.94. The van der Waals surface area contributed by atoms with Gasteiger partial charge in [0.15, 0.2) is 11.6 Å². The van der Waals surface area contributed by atoms with Gasteiger partial charge in [-0.25, -0.2) is 4.39 Å². The third-order valence-electron chi connectivity index (χ3n) is 2.27. The zero-order valence-electron chi connectivity index (χ0n) is 10.2. The van der Waals surface area contributed by atoms with E-state index in [-0.39, 0.29) is 5.82 Å². The lowest BCUT2D eigenvalue weighted by atomic mass is 10.3. The molecular weight excluding hydrogens is 287 g/mol. The minimum absolute atomic E-state index is 0.184. The van der Waals surface area contributed by atoms with Crippen molar-refractivity contribution in [2.24, 2.45) is 0 Å². The molecule has 0 radical (unpaired) electrons. The van der Waals surface area contributed by atoms with Gasteiger partial charge in [0, 0.05) is 4.47 Å². The van der Waals surface area contributed by atoms with Gasteiger partial charge in [-0.1, -0.05) is 42.5 Å². The molecule has 16 heavy (non-hydrogen) atoms. The second-order valence-corrected chi connectivity index (χ2v) is 10.8. The lowest BCUT2D eigenvalue weighted by Gasteiger charge is -2.19. The van der Waals surface area contributed by atoms with Crippen LogP contribution in [0.3, 0.4) is 0 Å². The van der Waals surface area contributed by atoms with Gasteiger partial charge in [-0.2, -0.15) is 0 Å². The third-order valence-corrected chi connectivity index (χ3v) is 4.71. The molecule has 0 saturated carbocycles. The third kappa shape index (κ3) is 3.32. The van der Waals surface area contributed by atoms with E-state index in [0.717, 1.165) is 16.1 Å². The second kappa shape index (κ2) is 5.32. The first kappa shape index (κ1) is 13.7. The largest absolute Gasteiger partial charge is 0.490 e. The number of hydrogen-bond donors (Lipinski definition) is 0. The number of benzene rings is 1. The van der Waals surface area contributed by atoms with Gasteiger partial charge in [0.25, 0.3) is 0 Å². The molecule has 0 saturated heterocycles. The van der Waals surface area contributed by atoms with Crippen LogP contribution in [0.15, 0.2) is 16.6 Å². The molecule has 0 aliphatic heterocycles. The van der Waals surface area contributed by atoms with Gasteiger partial charge in [-0.05, 0) is 23.7 Å². The molecule has 90 valence electrons. The number of halogens is 2. The maximum absolute atomic E-state index is 14.2. The predicted octanol–water partition coefficient (Wildman–Crippen LogP) is 3.92. The molecule has 1 rings (SSSR count). The smallest absolute Gasteiger partial charge is 0.164 e. The van der Waals surface area contributed by atoms with Crippen LogP contribution in [0.25, 0.3) is 0 Å². The van der Waals surface area contributed by atoms with Gasteiger partial charge < -0.3 is 4.74 Å². The lowest BCUT2D eigenvalue weighted by molar-refractivity contribution is 0.302. The van der Waals surface area contributed by atoms with Crippen LogP contribution in [0.1, 0.15) is 13.3 Å². The van der Waals surface area contributed by atoms with Crippen molar-refractivity contribution in [3.63, 3.8) is 0 Å². The van der Waals surface area contributed by atoms with Crippen molar-refractivity contribution in [2.75, 3.05) is 6.61 Å². The predicted molar refractivity (Wildman–Crippen MR) is 72.9 cm³/mol. The molecule has 0 unspecified atom stereocenters. The Morgan fingerprint density at radius 1 is 1.31 bits per heavy atom. The van der Waals surface area contributed by atoms with E-state index in [1.54, 1.807) is 6.07 Å². The van der Waals surface area contributed by atoms with Crippen molar-refractivity contribution in [2.45, 2.75) is 33.0 Å². The highest BCUT2D eigenvalue weighted by Crippen LogP contribution is 2.23. The minimum atomic E-state index is -1.66. The van der Waals surface area contributed by atoms with Gasteiger partial charge >= 0.3 is 0 Å². The summed E-state index contributed by atoms with van der Waals surface area (Å²) < 4.78 is 20.5. The van der Waals surface area contributed by atoms with Crippen molar-refractivity contribution in [3.05, 3.63) is 22.4 Å². The van der Waals surface area contributed by atoms with E-state index in [1.165, 1.54) is 0 Å². The van der Waals surface area contributed by atoms with Crippen LogP contribution in [-0.2, 0) is 0 Å². The summed E-state index contributed by atoms with van der Waals surface area (Å²) in [4.78, 5) is 0. The summed E-state index contributed by atoms with van der Waals surface area (Å²) in [6.07, 6.45) is 0.883. The van der Waals surface area contributed by atoms with Crippen LogP contribution in [0.2, 0.25) is 19.6 Å². The van der Waals surface area contributed by atoms with E-state index in [2.05, 4.69) is 35.6 Å². The van der Waals surface area contributed by atoms with Gasteiger partial charge in [-0.3, -0.25) is 0 Å². The SMILES string of the molecule is CCCOc1cc(Br)cc([Si](C)(C)C)c1F. The van der Waals surface area contributed by atoms with Crippen LogP contribution in [0, 0.1) is 5.82 Å². The number of rotatable bonds is 4.